The summed E-state index contributed by atoms with van der Waals surface area (Å²) in [4.78, 5) is 15.7. The number of nitrogens with one attached hydrogen (secondary N) is 1. The first-order valence-electron chi connectivity index (χ1n) is 6.04. The lowest BCUT2D eigenvalue weighted by Gasteiger charge is -2.25. The Balaban J connectivity index is 2.87. The predicted molar refractivity (Wildman–Crippen MR) is 71.3 cm³/mol. The Morgan fingerprint density at radius 3 is 2.65 bits per heavy atom. The van der Waals surface area contributed by atoms with Crippen LogP contribution in [-0.4, -0.2) is 24.8 Å². The van der Waals surface area contributed by atoms with Gasteiger partial charge in [-0.1, -0.05) is 17.2 Å². The highest BCUT2D eigenvalue weighted by molar-refractivity contribution is 7.81. The first-order chi connectivity index (χ1) is 9.13. The molecule has 0 fully saturated rings. The summed E-state index contributed by atoms with van der Waals surface area (Å²) >= 11 is 0. The van der Waals surface area contributed by atoms with Crippen molar-refractivity contribution < 1.29 is 21.3 Å². The number of aromatic nitrogens is 1. The normalized spacial score (nSPS) is 12.0. The third-order valence-corrected chi connectivity index (χ3v) is 2.89. The van der Waals surface area contributed by atoms with Crippen LogP contribution in [0.15, 0.2) is 18.5 Å². The summed E-state index contributed by atoms with van der Waals surface area (Å²) in [5.41, 5.74) is -0.315. The fraction of sp³-hybridized carbons (Fsp3) is 0.500. The van der Waals surface area contributed by atoms with Gasteiger partial charge in [-0.15, -0.1) is 0 Å². The molecule has 0 unspecified atom stereocenters. The number of halogens is 1. The van der Waals surface area contributed by atoms with Crippen LogP contribution in [0.3, 0.4) is 0 Å². The molecule has 1 amide bonds. The molecule has 1 heterocycles. The van der Waals surface area contributed by atoms with Crippen molar-refractivity contribution in [3.05, 3.63) is 24.0 Å². The third kappa shape index (κ3) is 5.52. The first-order valence-corrected chi connectivity index (χ1v) is 7.35. The number of hydrogen-bond donors (Lipinski definition) is 1. The van der Waals surface area contributed by atoms with Crippen LogP contribution in [0.25, 0.3) is 0 Å². The molecule has 8 heteroatoms. The number of amides is 1. The lowest BCUT2D eigenvalue weighted by atomic mass is 9.98. The minimum Gasteiger partial charge on any atom is -0.357 e. The van der Waals surface area contributed by atoms with E-state index in [4.69, 9.17) is 0 Å². The maximum Gasteiger partial charge on any atom is 0.488 e. The van der Waals surface area contributed by atoms with Crippen LogP contribution in [-0.2, 0) is 10.5 Å². The molecular formula is C12H17FN2O4S. The molecule has 0 atom stereocenters. The quantitative estimate of drug-likeness (QED) is 0.812. The highest BCUT2D eigenvalue weighted by atomic mass is 32.3. The largest absolute Gasteiger partial charge is 0.488 e. The van der Waals surface area contributed by atoms with Crippen LogP contribution in [0.1, 0.15) is 44.0 Å². The number of carbonyl (C=O) groups is 1. The molecule has 0 bridgehead atoms. The van der Waals surface area contributed by atoms with Crippen LogP contribution in [0.2, 0.25) is 0 Å². The number of hydrogen-bond acceptors (Lipinski definition) is 5. The standard InChI is InChI=1S/C12H17FN2O4S/c1-4-5-12(2,3)15-11(16)9-6-10(8-14-7-9)19-20(13,17)18/h6-8H,4-5H2,1-3H3,(H,15,16). The van der Waals surface area contributed by atoms with Crippen molar-refractivity contribution in [3.63, 3.8) is 0 Å². The Kier molecular flexibility index (Phi) is 5.04. The van der Waals surface area contributed by atoms with E-state index < -0.39 is 22.0 Å². The minimum atomic E-state index is -5.14. The summed E-state index contributed by atoms with van der Waals surface area (Å²) in [5.74, 6) is -0.786. The zero-order valence-electron chi connectivity index (χ0n) is 11.5. The van der Waals surface area contributed by atoms with Crippen LogP contribution in [0.5, 0.6) is 5.75 Å². The van der Waals surface area contributed by atoms with Gasteiger partial charge in [-0.2, -0.15) is 8.42 Å². The molecule has 0 aliphatic carbocycles. The van der Waals surface area contributed by atoms with Gasteiger partial charge in [0.15, 0.2) is 5.75 Å². The van der Waals surface area contributed by atoms with E-state index in [-0.39, 0.29) is 11.3 Å². The summed E-state index contributed by atoms with van der Waals surface area (Å²) in [6, 6.07) is 1.11. The van der Waals surface area contributed by atoms with Crippen molar-refractivity contribution in [1.82, 2.24) is 10.3 Å². The minimum absolute atomic E-state index is 0.0929. The molecular weight excluding hydrogens is 287 g/mol. The van der Waals surface area contributed by atoms with E-state index in [2.05, 4.69) is 14.5 Å². The number of rotatable bonds is 6. The molecule has 1 aromatic heterocycles. The number of nitrogens with zero attached hydrogens (tertiary/aromatic N) is 1. The lowest BCUT2D eigenvalue weighted by Crippen LogP contribution is -2.43. The zero-order chi connectivity index (χ0) is 15.4. The second kappa shape index (κ2) is 6.17. The van der Waals surface area contributed by atoms with E-state index >= 15 is 0 Å². The van der Waals surface area contributed by atoms with Crippen LogP contribution < -0.4 is 9.50 Å². The molecule has 0 radical (unpaired) electrons. The van der Waals surface area contributed by atoms with Crippen molar-refractivity contribution >= 4 is 16.4 Å². The van der Waals surface area contributed by atoms with Gasteiger partial charge in [0.05, 0.1) is 11.8 Å². The maximum absolute atomic E-state index is 12.4. The summed E-state index contributed by atoms with van der Waals surface area (Å²) < 4.78 is 37.2. The monoisotopic (exact) mass is 304 g/mol. The maximum atomic E-state index is 12.4. The van der Waals surface area contributed by atoms with Gasteiger partial charge in [0, 0.05) is 11.7 Å². The summed E-state index contributed by atoms with van der Waals surface area (Å²) in [5, 5.41) is 2.79. The Morgan fingerprint density at radius 1 is 1.45 bits per heavy atom. The molecule has 0 aromatic carbocycles. The summed E-state index contributed by atoms with van der Waals surface area (Å²) in [6.45, 7) is 5.73. The van der Waals surface area contributed by atoms with Gasteiger partial charge in [-0.25, -0.2) is 0 Å². The SMILES string of the molecule is CCCC(C)(C)NC(=O)c1cncc(OS(=O)(=O)F)c1. The van der Waals surface area contributed by atoms with E-state index in [0.717, 1.165) is 25.1 Å². The molecule has 1 N–H and O–H groups in total. The third-order valence-electron chi connectivity index (χ3n) is 2.50. The second-order valence-electron chi connectivity index (χ2n) is 4.97. The Morgan fingerprint density at radius 2 is 2.10 bits per heavy atom. The highest BCUT2D eigenvalue weighted by Gasteiger charge is 2.21. The van der Waals surface area contributed by atoms with E-state index in [1.54, 1.807) is 0 Å². The smallest absolute Gasteiger partial charge is 0.357 e. The zero-order valence-corrected chi connectivity index (χ0v) is 12.3. The van der Waals surface area contributed by atoms with Crippen LogP contribution >= 0.6 is 0 Å². The van der Waals surface area contributed by atoms with Crippen molar-refractivity contribution in [3.8, 4) is 5.75 Å². The molecule has 0 spiro atoms. The van der Waals surface area contributed by atoms with E-state index in [9.17, 15) is 17.1 Å². The molecule has 20 heavy (non-hydrogen) atoms. The second-order valence-corrected chi connectivity index (χ2v) is 5.93. The van der Waals surface area contributed by atoms with E-state index in [1.165, 1.54) is 6.20 Å². The van der Waals surface area contributed by atoms with Gasteiger partial charge in [-0.05, 0) is 26.3 Å². The Bertz CT molecular complexity index is 587. The molecule has 1 aromatic rings. The van der Waals surface area contributed by atoms with E-state index in [1.807, 2.05) is 20.8 Å². The van der Waals surface area contributed by atoms with Gasteiger partial charge in [-0.3, -0.25) is 9.78 Å². The average Bonchev–Trinajstić information content (AvgIpc) is 2.26. The van der Waals surface area contributed by atoms with E-state index in [0.29, 0.717) is 0 Å². The predicted octanol–water partition coefficient (Wildman–Crippen LogP) is 1.98. The molecule has 0 aliphatic heterocycles. The molecule has 6 nitrogen and oxygen atoms in total. The molecule has 1 rings (SSSR count). The van der Waals surface area contributed by atoms with Gasteiger partial charge in [0.2, 0.25) is 0 Å². The van der Waals surface area contributed by atoms with Gasteiger partial charge in [0.25, 0.3) is 5.91 Å². The Labute approximate surface area is 117 Å². The van der Waals surface area contributed by atoms with Crippen molar-refractivity contribution in [2.45, 2.75) is 39.2 Å². The summed E-state index contributed by atoms with van der Waals surface area (Å²) in [6.07, 6.45) is 3.93. The van der Waals surface area contributed by atoms with Crippen LogP contribution in [0.4, 0.5) is 3.89 Å². The molecule has 0 aliphatic rings. The topological polar surface area (TPSA) is 85.4 Å². The Hall–Kier alpha value is -1.70. The highest BCUT2D eigenvalue weighted by Crippen LogP contribution is 2.16. The first kappa shape index (κ1) is 16.4. The molecule has 0 saturated heterocycles. The van der Waals surface area contributed by atoms with Crippen molar-refractivity contribution in [2.24, 2.45) is 0 Å². The molecule has 112 valence electrons. The molecule has 0 saturated carbocycles. The fourth-order valence-corrected chi connectivity index (χ4v) is 2.09. The van der Waals surface area contributed by atoms with Crippen molar-refractivity contribution in [2.75, 3.05) is 0 Å². The number of pyridine rings is 1. The van der Waals surface area contributed by atoms with Gasteiger partial charge < -0.3 is 9.50 Å². The summed E-state index contributed by atoms with van der Waals surface area (Å²) in [7, 11) is -5.14. The number of carbonyl (C=O) groups excluding carboxylic acids is 1. The van der Waals surface area contributed by atoms with Crippen LogP contribution in [0, 0.1) is 0 Å². The van der Waals surface area contributed by atoms with Gasteiger partial charge in [0.1, 0.15) is 0 Å². The fourth-order valence-electron chi connectivity index (χ4n) is 1.77. The van der Waals surface area contributed by atoms with Crippen molar-refractivity contribution in [1.29, 1.82) is 0 Å². The van der Waals surface area contributed by atoms with Gasteiger partial charge >= 0.3 is 10.5 Å². The average molecular weight is 304 g/mol. The lowest BCUT2D eigenvalue weighted by molar-refractivity contribution is 0.0908.